The number of anilines is 1. The summed E-state index contributed by atoms with van der Waals surface area (Å²) in [5.74, 6) is -0.467. The van der Waals surface area contributed by atoms with Crippen LogP contribution < -0.4 is 4.72 Å². The van der Waals surface area contributed by atoms with Crippen LogP contribution in [0.4, 0.5) is 10.1 Å². The van der Waals surface area contributed by atoms with Gasteiger partial charge in [-0.15, -0.1) is 0 Å². The van der Waals surface area contributed by atoms with Crippen LogP contribution in [0.3, 0.4) is 0 Å². The molecule has 0 atom stereocenters. The van der Waals surface area contributed by atoms with E-state index in [4.69, 9.17) is 0 Å². The Balaban J connectivity index is 2.36. The van der Waals surface area contributed by atoms with Crippen molar-refractivity contribution >= 4 is 15.7 Å². The fourth-order valence-electron chi connectivity index (χ4n) is 1.66. The second kappa shape index (κ2) is 5.01. The Morgan fingerprint density at radius 2 is 1.63 bits per heavy atom. The van der Waals surface area contributed by atoms with Gasteiger partial charge in [-0.05, 0) is 55.3 Å². The summed E-state index contributed by atoms with van der Waals surface area (Å²) in [4.78, 5) is 0.0369. The Bertz CT molecular complexity index is 694. The van der Waals surface area contributed by atoms with Crippen LogP contribution in [-0.2, 0) is 10.0 Å². The van der Waals surface area contributed by atoms with E-state index in [1.54, 1.807) is 6.07 Å². The van der Waals surface area contributed by atoms with Crippen LogP contribution in [0, 0.1) is 19.7 Å². The van der Waals surface area contributed by atoms with Gasteiger partial charge in [0.25, 0.3) is 10.0 Å². The molecule has 0 bridgehead atoms. The van der Waals surface area contributed by atoms with E-state index in [-0.39, 0.29) is 4.90 Å². The lowest BCUT2D eigenvalue weighted by atomic mass is 10.1. The third-order valence-corrected chi connectivity index (χ3v) is 4.14. The quantitative estimate of drug-likeness (QED) is 0.937. The molecule has 0 saturated heterocycles. The van der Waals surface area contributed by atoms with Gasteiger partial charge in [-0.25, -0.2) is 12.8 Å². The van der Waals surface area contributed by atoms with Crippen molar-refractivity contribution in [1.82, 2.24) is 0 Å². The molecule has 19 heavy (non-hydrogen) atoms. The summed E-state index contributed by atoms with van der Waals surface area (Å²) in [7, 11) is -3.69. The van der Waals surface area contributed by atoms with E-state index in [1.165, 1.54) is 12.1 Å². The molecule has 2 aromatic carbocycles. The number of sulfonamides is 1. The lowest BCUT2D eigenvalue weighted by Crippen LogP contribution is -2.13. The maximum absolute atomic E-state index is 12.8. The largest absolute Gasteiger partial charge is 0.279 e. The van der Waals surface area contributed by atoms with Crippen molar-refractivity contribution in [3.8, 4) is 0 Å². The van der Waals surface area contributed by atoms with E-state index in [9.17, 15) is 12.8 Å². The van der Waals surface area contributed by atoms with Gasteiger partial charge in [-0.1, -0.05) is 12.1 Å². The SMILES string of the molecule is Cc1ccc(C)c(NS(=O)(=O)c2ccc(F)cc2)c1. The van der Waals surface area contributed by atoms with Crippen molar-refractivity contribution in [3.63, 3.8) is 0 Å². The van der Waals surface area contributed by atoms with Crippen LogP contribution in [0.25, 0.3) is 0 Å². The second-order valence-electron chi connectivity index (χ2n) is 4.38. The number of nitrogens with one attached hydrogen (secondary N) is 1. The first kappa shape index (κ1) is 13.5. The lowest BCUT2D eigenvalue weighted by Gasteiger charge is -2.11. The van der Waals surface area contributed by atoms with Crippen LogP contribution in [0.2, 0.25) is 0 Å². The van der Waals surface area contributed by atoms with Crippen LogP contribution in [0.15, 0.2) is 47.4 Å². The fraction of sp³-hybridized carbons (Fsp3) is 0.143. The molecule has 0 aliphatic carbocycles. The van der Waals surface area contributed by atoms with Gasteiger partial charge in [0, 0.05) is 0 Å². The Morgan fingerprint density at radius 3 is 2.26 bits per heavy atom. The van der Waals surface area contributed by atoms with Gasteiger partial charge >= 0.3 is 0 Å². The highest BCUT2D eigenvalue weighted by atomic mass is 32.2. The number of halogens is 1. The minimum Gasteiger partial charge on any atom is -0.279 e. The van der Waals surface area contributed by atoms with Gasteiger partial charge in [0.15, 0.2) is 0 Å². The molecule has 0 radical (unpaired) electrons. The molecule has 0 heterocycles. The molecule has 1 N–H and O–H groups in total. The third-order valence-electron chi connectivity index (χ3n) is 2.76. The zero-order chi connectivity index (χ0) is 14.0. The second-order valence-corrected chi connectivity index (χ2v) is 6.06. The summed E-state index contributed by atoms with van der Waals surface area (Å²) < 4.78 is 39.6. The van der Waals surface area contributed by atoms with Crippen LogP contribution >= 0.6 is 0 Å². The molecule has 0 fully saturated rings. The number of rotatable bonds is 3. The van der Waals surface area contributed by atoms with Crippen molar-refractivity contribution in [3.05, 3.63) is 59.4 Å². The molecule has 0 saturated carbocycles. The first-order valence-corrected chi connectivity index (χ1v) is 7.22. The molecule has 0 aliphatic heterocycles. The lowest BCUT2D eigenvalue weighted by molar-refractivity contribution is 0.599. The molecule has 0 spiro atoms. The number of benzene rings is 2. The predicted molar refractivity (Wildman–Crippen MR) is 73.1 cm³/mol. The Labute approximate surface area is 112 Å². The molecule has 0 unspecified atom stereocenters. The average molecular weight is 279 g/mol. The van der Waals surface area contributed by atoms with Gasteiger partial charge in [0.05, 0.1) is 10.6 Å². The highest BCUT2D eigenvalue weighted by Crippen LogP contribution is 2.21. The maximum atomic E-state index is 12.8. The van der Waals surface area contributed by atoms with E-state index in [0.717, 1.165) is 23.3 Å². The minimum absolute atomic E-state index is 0.0369. The minimum atomic E-state index is -3.69. The molecular formula is C14H14FNO2S. The van der Waals surface area contributed by atoms with Crippen molar-refractivity contribution in [1.29, 1.82) is 0 Å². The Kier molecular flexibility index (Phi) is 3.57. The summed E-state index contributed by atoms with van der Waals surface area (Å²) in [5.41, 5.74) is 2.32. The summed E-state index contributed by atoms with van der Waals surface area (Å²) in [6.07, 6.45) is 0. The van der Waals surface area contributed by atoms with Crippen molar-refractivity contribution in [2.24, 2.45) is 0 Å². The van der Waals surface area contributed by atoms with Crippen molar-refractivity contribution in [2.75, 3.05) is 4.72 Å². The predicted octanol–water partition coefficient (Wildman–Crippen LogP) is 3.24. The third kappa shape index (κ3) is 3.12. The first-order chi connectivity index (χ1) is 8.88. The topological polar surface area (TPSA) is 46.2 Å². The highest BCUT2D eigenvalue weighted by molar-refractivity contribution is 7.92. The zero-order valence-corrected chi connectivity index (χ0v) is 11.5. The molecule has 100 valence electrons. The fourth-order valence-corrected chi connectivity index (χ4v) is 2.78. The van der Waals surface area contributed by atoms with E-state index in [1.807, 2.05) is 26.0 Å². The van der Waals surface area contributed by atoms with Gasteiger partial charge in [-0.2, -0.15) is 0 Å². The summed E-state index contributed by atoms with van der Waals surface area (Å²) >= 11 is 0. The molecule has 0 amide bonds. The van der Waals surface area contributed by atoms with Crippen molar-refractivity contribution in [2.45, 2.75) is 18.7 Å². The molecule has 2 aromatic rings. The molecule has 2 rings (SSSR count). The molecular weight excluding hydrogens is 265 g/mol. The summed E-state index contributed by atoms with van der Waals surface area (Å²) in [6, 6.07) is 10.2. The van der Waals surface area contributed by atoms with Crippen molar-refractivity contribution < 1.29 is 12.8 Å². The summed E-state index contributed by atoms with van der Waals surface area (Å²) in [5, 5.41) is 0. The van der Waals surface area contributed by atoms with Gasteiger partial charge < -0.3 is 0 Å². The molecule has 0 aromatic heterocycles. The van der Waals surface area contributed by atoms with Gasteiger partial charge in [-0.3, -0.25) is 4.72 Å². The number of hydrogen-bond acceptors (Lipinski definition) is 2. The molecule has 3 nitrogen and oxygen atoms in total. The number of aryl methyl sites for hydroxylation is 2. The average Bonchev–Trinajstić information content (AvgIpc) is 2.34. The van der Waals surface area contributed by atoms with E-state index < -0.39 is 15.8 Å². The van der Waals surface area contributed by atoms with E-state index in [2.05, 4.69) is 4.72 Å². The normalized spacial score (nSPS) is 11.3. The van der Waals surface area contributed by atoms with Crippen LogP contribution in [-0.4, -0.2) is 8.42 Å². The molecule has 0 aliphatic rings. The smallest absolute Gasteiger partial charge is 0.261 e. The van der Waals surface area contributed by atoms with Crippen LogP contribution in [0.1, 0.15) is 11.1 Å². The molecule has 5 heteroatoms. The standard InChI is InChI=1S/C14H14FNO2S/c1-10-3-4-11(2)14(9-10)16-19(17,18)13-7-5-12(15)6-8-13/h3-9,16H,1-2H3. The van der Waals surface area contributed by atoms with Crippen LogP contribution in [0.5, 0.6) is 0 Å². The highest BCUT2D eigenvalue weighted by Gasteiger charge is 2.15. The summed E-state index contributed by atoms with van der Waals surface area (Å²) in [6.45, 7) is 3.71. The van der Waals surface area contributed by atoms with Gasteiger partial charge in [0.2, 0.25) is 0 Å². The maximum Gasteiger partial charge on any atom is 0.261 e. The van der Waals surface area contributed by atoms with E-state index >= 15 is 0 Å². The monoisotopic (exact) mass is 279 g/mol. The first-order valence-electron chi connectivity index (χ1n) is 5.74. The number of hydrogen-bond donors (Lipinski definition) is 1. The Morgan fingerprint density at radius 1 is 1.00 bits per heavy atom. The Hall–Kier alpha value is -1.88. The van der Waals surface area contributed by atoms with Gasteiger partial charge in [0.1, 0.15) is 5.82 Å². The zero-order valence-electron chi connectivity index (χ0n) is 10.6. The van der Waals surface area contributed by atoms with E-state index in [0.29, 0.717) is 5.69 Å².